The van der Waals surface area contributed by atoms with Gasteiger partial charge in [0.05, 0.1) is 4.90 Å². The minimum atomic E-state index is -3.73. The van der Waals surface area contributed by atoms with Crippen molar-refractivity contribution >= 4 is 37.7 Å². The predicted molar refractivity (Wildman–Crippen MR) is 84.1 cm³/mol. The number of benzene rings is 1. The van der Waals surface area contributed by atoms with E-state index in [0.717, 1.165) is 5.56 Å². The van der Waals surface area contributed by atoms with Gasteiger partial charge in [0.25, 0.3) is 10.0 Å². The van der Waals surface area contributed by atoms with Crippen molar-refractivity contribution in [3.63, 3.8) is 0 Å². The third-order valence-corrected chi connectivity index (χ3v) is 5.04. The van der Waals surface area contributed by atoms with Crippen LogP contribution < -0.4 is 4.72 Å². The van der Waals surface area contributed by atoms with Crippen molar-refractivity contribution in [2.75, 3.05) is 4.72 Å². The van der Waals surface area contributed by atoms with Crippen molar-refractivity contribution in [1.82, 2.24) is 9.78 Å². The number of nitrogens with one attached hydrogen (secondary N) is 1. The van der Waals surface area contributed by atoms with Gasteiger partial charge in [-0.1, -0.05) is 12.1 Å². The Morgan fingerprint density at radius 2 is 2.00 bits per heavy atom. The van der Waals surface area contributed by atoms with Crippen LogP contribution in [0.5, 0.6) is 0 Å². The summed E-state index contributed by atoms with van der Waals surface area (Å²) in [6.45, 7) is 0. The number of carboxylic acids is 1. The fraction of sp³-hybridized carbons (Fsp3) is 0.231. The second-order valence-electron chi connectivity index (χ2n) is 4.62. The molecule has 0 amide bonds. The Labute approximate surface area is 136 Å². The van der Waals surface area contributed by atoms with Crippen molar-refractivity contribution in [2.45, 2.75) is 17.7 Å². The van der Waals surface area contributed by atoms with E-state index < -0.39 is 16.0 Å². The summed E-state index contributed by atoms with van der Waals surface area (Å²) in [5, 5.41) is 12.6. The molecule has 0 bridgehead atoms. The topological polar surface area (TPSA) is 101 Å². The highest BCUT2D eigenvalue weighted by Gasteiger charge is 2.16. The van der Waals surface area contributed by atoms with E-state index in [-0.39, 0.29) is 17.1 Å². The molecule has 2 N–H and O–H groups in total. The van der Waals surface area contributed by atoms with E-state index in [1.54, 1.807) is 25.2 Å². The number of rotatable bonds is 6. The number of halogens is 1. The van der Waals surface area contributed by atoms with Crippen LogP contribution in [0.1, 0.15) is 12.0 Å². The lowest BCUT2D eigenvalue weighted by Crippen LogP contribution is -2.13. The van der Waals surface area contributed by atoms with Gasteiger partial charge in [0.1, 0.15) is 4.60 Å². The van der Waals surface area contributed by atoms with Crippen molar-refractivity contribution in [3.8, 4) is 0 Å². The summed E-state index contributed by atoms with van der Waals surface area (Å²) in [7, 11) is -2.05. The first-order chi connectivity index (χ1) is 10.3. The largest absolute Gasteiger partial charge is 0.481 e. The molecule has 0 aliphatic heterocycles. The summed E-state index contributed by atoms with van der Waals surface area (Å²) in [6, 6.07) is 7.64. The van der Waals surface area contributed by atoms with Gasteiger partial charge in [-0.05, 0) is 40.0 Å². The number of aliphatic carboxylic acids is 1. The van der Waals surface area contributed by atoms with Crippen molar-refractivity contribution in [3.05, 3.63) is 40.5 Å². The van der Waals surface area contributed by atoms with Gasteiger partial charge in [0.15, 0.2) is 5.82 Å². The van der Waals surface area contributed by atoms with Crippen molar-refractivity contribution in [1.29, 1.82) is 0 Å². The minimum Gasteiger partial charge on any atom is -0.481 e. The molecule has 1 aromatic carbocycles. The van der Waals surface area contributed by atoms with E-state index in [4.69, 9.17) is 5.11 Å². The average Bonchev–Trinajstić information content (AvgIpc) is 2.74. The first-order valence-electron chi connectivity index (χ1n) is 6.31. The summed E-state index contributed by atoms with van der Waals surface area (Å²) in [6.07, 6.45) is 0.364. The maximum Gasteiger partial charge on any atom is 0.303 e. The van der Waals surface area contributed by atoms with Gasteiger partial charge in [-0.25, -0.2) is 8.42 Å². The number of nitrogens with zero attached hydrogens (tertiary/aromatic N) is 2. The zero-order valence-corrected chi connectivity index (χ0v) is 14.1. The number of carbonyl (C=O) groups is 1. The molecule has 9 heteroatoms. The first kappa shape index (κ1) is 16.5. The van der Waals surface area contributed by atoms with E-state index in [0.29, 0.717) is 11.0 Å². The van der Waals surface area contributed by atoms with Gasteiger partial charge in [-0.3, -0.25) is 14.2 Å². The Kier molecular flexibility index (Phi) is 4.87. The van der Waals surface area contributed by atoms with Crippen molar-refractivity contribution < 1.29 is 18.3 Å². The smallest absolute Gasteiger partial charge is 0.303 e. The third kappa shape index (κ3) is 4.08. The number of carboxylic acid groups (broad SMARTS) is 1. The highest BCUT2D eigenvalue weighted by atomic mass is 79.9. The van der Waals surface area contributed by atoms with Crippen LogP contribution in [0.25, 0.3) is 0 Å². The maximum atomic E-state index is 12.2. The Morgan fingerprint density at radius 1 is 1.36 bits per heavy atom. The summed E-state index contributed by atoms with van der Waals surface area (Å²) in [4.78, 5) is 10.6. The summed E-state index contributed by atoms with van der Waals surface area (Å²) >= 11 is 3.24. The van der Waals surface area contributed by atoms with E-state index >= 15 is 0 Å². The second-order valence-corrected chi connectivity index (χ2v) is 7.11. The van der Waals surface area contributed by atoms with Crippen molar-refractivity contribution in [2.24, 2.45) is 7.05 Å². The molecule has 118 valence electrons. The van der Waals surface area contributed by atoms with Gasteiger partial charge in [-0.15, -0.1) is 0 Å². The third-order valence-electron chi connectivity index (χ3n) is 2.92. The molecule has 22 heavy (non-hydrogen) atoms. The molecular formula is C13H14BrN3O4S. The highest BCUT2D eigenvalue weighted by Crippen LogP contribution is 2.19. The SMILES string of the molecule is Cn1nc(NS(=O)(=O)c2ccc(CCC(=O)O)cc2)cc1Br. The Morgan fingerprint density at radius 3 is 2.50 bits per heavy atom. The molecule has 0 fully saturated rings. The van der Waals surface area contributed by atoms with Crippen LogP contribution in [-0.2, 0) is 28.3 Å². The van der Waals surface area contributed by atoms with Crippen LogP contribution >= 0.6 is 15.9 Å². The molecule has 0 saturated heterocycles. The normalized spacial score (nSPS) is 11.4. The Hall–Kier alpha value is -1.87. The van der Waals surface area contributed by atoms with Crippen LogP contribution in [0.2, 0.25) is 0 Å². The fourth-order valence-corrected chi connectivity index (χ4v) is 3.06. The summed E-state index contributed by atoms with van der Waals surface area (Å²) in [5.74, 6) is -0.677. The molecule has 0 saturated carbocycles. The average molecular weight is 388 g/mol. The van der Waals surface area contributed by atoms with Crippen LogP contribution in [0.15, 0.2) is 39.8 Å². The Balaban J connectivity index is 2.13. The molecule has 0 unspecified atom stereocenters. The lowest BCUT2D eigenvalue weighted by Gasteiger charge is -2.06. The molecule has 1 aromatic heterocycles. The van der Waals surface area contributed by atoms with Crippen LogP contribution in [0, 0.1) is 0 Å². The number of aromatic nitrogens is 2. The number of aryl methyl sites for hydroxylation is 2. The quantitative estimate of drug-likeness (QED) is 0.788. The number of sulfonamides is 1. The Bertz CT molecular complexity index is 765. The molecule has 0 spiro atoms. The summed E-state index contributed by atoms with van der Waals surface area (Å²) in [5.41, 5.74) is 0.766. The number of hydrogen-bond donors (Lipinski definition) is 2. The molecule has 0 atom stereocenters. The van der Waals surface area contributed by atoms with Crippen LogP contribution in [-0.4, -0.2) is 29.3 Å². The van der Waals surface area contributed by atoms with E-state index in [1.165, 1.54) is 16.8 Å². The van der Waals surface area contributed by atoms with Gasteiger partial charge in [-0.2, -0.15) is 5.10 Å². The maximum absolute atomic E-state index is 12.2. The standard InChI is InChI=1S/C13H14BrN3O4S/c1-17-11(14)8-12(15-17)16-22(20,21)10-5-2-9(3-6-10)4-7-13(18)19/h2-3,5-6,8H,4,7H2,1H3,(H,15,16)(H,18,19). The minimum absolute atomic E-state index is 0.00626. The van der Waals surface area contributed by atoms with Gasteiger partial charge in [0, 0.05) is 19.5 Å². The van der Waals surface area contributed by atoms with E-state index in [2.05, 4.69) is 25.8 Å². The zero-order chi connectivity index (χ0) is 16.3. The highest BCUT2D eigenvalue weighted by molar-refractivity contribution is 9.10. The summed E-state index contributed by atoms with van der Waals surface area (Å²) < 4.78 is 29.0. The molecule has 1 heterocycles. The van der Waals surface area contributed by atoms with Gasteiger partial charge >= 0.3 is 5.97 Å². The molecular weight excluding hydrogens is 374 g/mol. The monoisotopic (exact) mass is 387 g/mol. The molecule has 2 rings (SSSR count). The first-order valence-corrected chi connectivity index (χ1v) is 8.58. The lowest BCUT2D eigenvalue weighted by atomic mass is 10.1. The fourth-order valence-electron chi connectivity index (χ4n) is 1.78. The van der Waals surface area contributed by atoms with Gasteiger partial charge < -0.3 is 5.11 Å². The number of hydrogen-bond acceptors (Lipinski definition) is 4. The predicted octanol–water partition coefficient (Wildman–Crippen LogP) is 2.00. The van der Waals surface area contributed by atoms with E-state index in [9.17, 15) is 13.2 Å². The van der Waals surface area contributed by atoms with E-state index in [1.807, 2.05) is 0 Å². The van der Waals surface area contributed by atoms with Gasteiger partial charge in [0.2, 0.25) is 0 Å². The second kappa shape index (κ2) is 6.49. The number of anilines is 1. The molecule has 2 aromatic rings. The molecule has 7 nitrogen and oxygen atoms in total. The van der Waals surface area contributed by atoms with Crippen LogP contribution in [0.4, 0.5) is 5.82 Å². The molecule has 0 aliphatic rings. The molecule has 0 radical (unpaired) electrons. The molecule has 0 aliphatic carbocycles. The lowest BCUT2D eigenvalue weighted by molar-refractivity contribution is -0.136. The zero-order valence-electron chi connectivity index (χ0n) is 11.7. The van der Waals surface area contributed by atoms with Crippen LogP contribution in [0.3, 0.4) is 0 Å².